The first-order valence-corrected chi connectivity index (χ1v) is 5.44. The summed E-state index contributed by atoms with van der Waals surface area (Å²) in [6.07, 6.45) is 3.68. The number of carbonyl (C=O) groups is 1. The molecule has 1 N–H and O–H groups in total. The van der Waals surface area contributed by atoms with E-state index in [4.69, 9.17) is 5.73 Å². The van der Waals surface area contributed by atoms with Gasteiger partial charge in [0, 0.05) is 11.3 Å². The number of aryl methyl sites for hydroxylation is 1. The zero-order valence-corrected chi connectivity index (χ0v) is 15.0. The molecule has 0 spiro atoms. The fourth-order valence-corrected chi connectivity index (χ4v) is 2.39. The van der Waals surface area contributed by atoms with Crippen LogP contribution in [0.4, 0.5) is 0 Å². The second-order valence-electron chi connectivity index (χ2n) is 4.60. The Balaban J connectivity index is 0.00000128. The largest absolute Gasteiger partial charge is 1.00 e. The van der Waals surface area contributed by atoms with Crippen molar-refractivity contribution in [3.63, 3.8) is 0 Å². The molecule has 1 saturated carbocycles. The van der Waals surface area contributed by atoms with Crippen molar-refractivity contribution in [2.75, 3.05) is 0 Å². The number of benzene rings is 1. The number of amides is 1. The summed E-state index contributed by atoms with van der Waals surface area (Å²) in [6.45, 7) is 2.06. The summed E-state index contributed by atoms with van der Waals surface area (Å²) in [5.41, 5.74) is 9.59. The van der Waals surface area contributed by atoms with Crippen molar-refractivity contribution in [2.45, 2.75) is 38.0 Å². The van der Waals surface area contributed by atoms with E-state index in [0.717, 1.165) is 12.8 Å². The van der Waals surface area contributed by atoms with Crippen molar-refractivity contribution in [2.24, 2.45) is 0 Å². The zero-order chi connectivity index (χ0) is 10.9. The van der Waals surface area contributed by atoms with Crippen LogP contribution in [0.1, 0.15) is 36.8 Å². The molecule has 1 aliphatic rings. The molecule has 1 aromatic rings. The van der Waals surface area contributed by atoms with Crippen molar-refractivity contribution in [3.05, 3.63) is 41.1 Å². The molecule has 1 aromatic carbocycles. The van der Waals surface area contributed by atoms with Crippen LogP contribution in [-0.4, -0.2) is 5.91 Å². The Kier molecular flexibility index (Phi) is 5.37. The van der Waals surface area contributed by atoms with Crippen LogP contribution in [-0.2, 0) is 10.2 Å². The van der Waals surface area contributed by atoms with Gasteiger partial charge in [0.25, 0.3) is 0 Å². The summed E-state index contributed by atoms with van der Waals surface area (Å²) in [6, 6.07) is 8.39. The Labute approximate surface area is 146 Å². The SMILES string of the molecule is Cc1ccc(C2(CC([NH-])=O)CCC2)cc1.[Rb+]. The number of rotatable bonds is 3. The molecule has 1 amide bonds. The quantitative estimate of drug-likeness (QED) is 0.793. The Bertz CT molecular complexity index is 368. The van der Waals surface area contributed by atoms with Crippen LogP contribution in [0.15, 0.2) is 24.3 Å². The van der Waals surface area contributed by atoms with E-state index in [0.29, 0.717) is 6.42 Å². The van der Waals surface area contributed by atoms with Crippen molar-refractivity contribution in [1.29, 1.82) is 0 Å². The maximum Gasteiger partial charge on any atom is 1.00 e. The van der Waals surface area contributed by atoms with E-state index in [1.54, 1.807) is 0 Å². The van der Waals surface area contributed by atoms with Gasteiger partial charge in [-0.1, -0.05) is 36.2 Å². The molecule has 0 saturated heterocycles. The molecular formula is C13H16NORb. The molecule has 0 heterocycles. The van der Waals surface area contributed by atoms with E-state index in [1.807, 2.05) is 0 Å². The minimum Gasteiger partial charge on any atom is -0.668 e. The Morgan fingerprint density at radius 2 is 1.88 bits per heavy atom. The third-order valence-corrected chi connectivity index (χ3v) is 3.47. The van der Waals surface area contributed by atoms with Crippen LogP contribution < -0.4 is 58.2 Å². The first-order chi connectivity index (χ1) is 7.12. The number of nitrogens with one attached hydrogen (secondary N) is 1. The van der Waals surface area contributed by atoms with Crippen LogP contribution in [0.25, 0.3) is 5.73 Å². The molecule has 0 unspecified atom stereocenters. The Hall–Kier alpha value is 0.495. The van der Waals surface area contributed by atoms with E-state index in [1.165, 1.54) is 17.5 Å². The summed E-state index contributed by atoms with van der Waals surface area (Å²) >= 11 is 0. The van der Waals surface area contributed by atoms with Gasteiger partial charge in [0.15, 0.2) is 0 Å². The molecule has 2 rings (SSSR count). The standard InChI is InChI=1S/C13H17NO.Rb/c1-10-3-5-11(6-4-10)13(7-2-8-13)9-12(14)15;/h3-6H,2,7-9H2,1H3,(H2,14,15);/q;+1/p-1. The number of hydrogen-bond acceptors (Lipinski definition) is 1. The van der Waals surface area contributed by atoms with Crippen LogP contribution >= 0.6 is 0 Å². The maximum absolute atomic E-state index is 11.0. The van der Waals surface area contributed by atoms with Crippen LogP contribution in [0.3, 0.4) is 0 Å². The Morgan fingerprint density at radius 3 is 2.25 bits per heavy atom. The summed E-state index contributed by atoms with van der Waals surface area (Å²) in [4.78, 5) is 11.0. The van der Waals surface area contributed by atoms with Gasteiger partial charge in [-0.05, 0) is 31.7 Å². The van der Waals surface area contributed by atoms with Crippen molar-refractivity contribution >= 4 is 5.91 Å². The van der Waals surface area contributed by atoms with Gasteiger partial charge in [-0.2, -0.15) is 0 Å². The Morgan fingerprint density at radius 1 is 1.31 bits per heavy atom. The van der Waals surface area contributed by atoms with E-state index in [-0.39, 0.29) is 63.6 Å². The molecule has 3 heteroatoms. The molecule has 0 radical (unpaired) electrons. The van der Waals surface area contributed by atoms with Gasteiger partial charge in [0.05, 0.1) is 0 Å². The third-order valence-electron chi connectivity index (χ3n) is 3.47. The molecular weight excluding hydrogens is 272 g/mol. The predicted octanol–water partition coefficient (Wildman–Crippen LogP) is 0.390. The first-order valence-electron chi connectivity index (χ1n) is 5.44. The van der Waals surface area contributed by atoms with E-state index in [9.17, 15) is 4.79 Å². The molecule has 1 aliphatic carbocycles. The van der Waals surface area contributed by atoms with Gasteiger partial charge in [-0.15, -0.1) is 0 Å². The van der Waals surface area contributed by atoms with Crippen molar-refractivity contribution in [1.82, 2.24) is 0 Å². The van der Waals surface area contributed by atoms with Gasteiger partial charge in [-0.25, -0.2) is 0 Å². The van der Waals surface area contributed by atoms with Gasteiger partial charge in [0.1, 0.15) is 0 Å². The normalized spacial score (nSPS) is 17.1. The van der Waals surface area contributed by atoms with E-state index >= 15 is 0 Å². The number of carbonyl (C=O) groups excluding carboxylic acids is 1. The monoisotopic (exact) mass is 287 g/mol. The maximum atomic E-state index is 11.0. The molecule has 80 valence electrons. The minimum atomic E-state index is -0.435. The van der Waals surface area contributed by atoms with Gasteiger partial charge in [0.2, 0.25) is 0 Å². The van der Waals surface area contributed by atoms with Crippen molar-refractivity contribution in [3.8, 4) is 0 Å². The number of hydrogen-bond donors (Lipinski definition) is 0. The molecule has 0 atom stereocenters. The summed E-state index contributed by atoms with van der Waals surface area (Å²) < 4.78 is 0. The van der Waals surface area contributed by atoms with E-state index < -0.39 is 5.91 Å². The molecule has 16 heavy (non-hydrogen) atoms. The summed E-state index contributed by atoms with van der Waals surface area (Å²) in [7, 11) is 0. The first kappa shape index (κ1) is 14.6. The summed E-state index contributed by atoms with van der Waals surface area (Å²) in [5.74, 6) is -0.435. The third kappa shape index (κ3) is 3.03. The zero-order valence-electron chi connectivity index (χ0n) is 10.0. The van der Waals surface area contributed by atoms with Crippen LogP contribution in [0.2, 0.25) is 0 Å². The minimum absolute atomic E-state index is 0. The van der Waals surface area contributed by atoms with Crippen LogP contribution in [0.5, 0.6) is 0 Å². The van der Waals surface area contributed by atoms with Crippen LogP contribution in [0, 0.1) is 6.92 Å². The fourth-order valence-electron chi connectivity index (χ4n) is 2.39. The summed E-state index contributed by atoms with van der Waals surface area (Å²) in [5, 5.41) is 0. The molecule has 0 aromatic heterocycles. The molecule has 0 aliphatic heterocycles. The van der Waals surface area contributed by atoms with Gasteiger partial charge in [-0.3, -0.25) is 0 Å². The van der Waals surface area contributed by atoms with Gasteiger partial charge < -0.3 is 10.5 Å². The fraction of sp³-hybridized carbons (Fsp3) is 0.462. The second kappa shape index (κ2) is 5.90. The predicted molar refractivity (Wildman–Crippen MR) is 60.7 cm³/mol. The molecule has 1 fully saturated rings. The van der Waals surface area contributed by atoms with E-state index in [2.05, 4.69) is 31.2 Å². The average molecular weight is 288 g/mol. The van der Waals surface area contributed by atoms with Crippen molar-refractivity contribution < 1.29 is 63.0 Å². The smallest absolute Gasteiger partial charge is 0.668 e. The molecule has 2 nitrogen and oxygen atoms in total. The van der Waals surface area contributed by atoms with Gasteiger partial charge >= 0.3 is 58.2 Å². The topological polar surface area (TPSA) is 40.9 Å². The molecule has 0 bridgehead atoms. The average Bonchev–Trinajstić information content (AvgIpc) is 2.13. The second-order valence-corrected chi connectivity index (χ2v) is 4.60.